The second-order valence-corrected chi connectivity index (χ2v) is 10.1. The van der Waals surface area contributed by atoms with E-state index in [-0.39, 0.29) is 17.4 Å². The van der Waals surface area contributed by atoms with Gasteiger partial charge in [0.1, 0.15) is 5.75 Å². The van der Waals surface area contributed by atoms with Crippen molar-refractivity contribution < 1.29 is 17.9 Å². The lowest BCUT2D eigenvalue weighted by Crippen LogP contribution is -2.27. The van der Waals surface area contributed by atoms with E-state index in [1.807, 2.05) is 26.0 Å². The molecule has 0 saturated carbocycles. The molecule has 8 heteroatoms. The zero-order chi connectivity index (χ0) is 21.7. The van der Waals surface area contributed by atoms with E-state index in [1.54, 1.807) is 12.1 Å². The summed E-state index contributed by atoms with van der Waals surface area (Å²) in [5.74, 6) is 0.197. The molecule has 1 aliphatic rings. The zero-order valence-electron chi connectivity index (χ0n) is 17.3. The molecule has 30 heavy (non-hydrogen) atoms. The van der Waals surface area contributed by atoms with Gasteiger partial charge in [-0.2, -0.15) is 4.31 Å². The van der Waals surface area contributed by atoms with Crippen LogP contribution in [0.5, 0.6) is 5.75 Å². The number of ether oxygens (including phenoxy) is 1. The number of nitrogens with zero attached hydrogens (tertiary/aromatic N) is 1. The van der Waals surface area contributed by atoms with Gasteiger partial charge in [0.15, 0.2) is 6.61 Å². The first-order valence-corrected chi connectivity index (χ1v) is 12.4. The number of amides is 1. The molecule has 0 spiro atoms. The van der Waals surface area contributed by atoms with E-state index in [9.17, 15) is 13.2 Å². The molecule has 2 aromatic rings. The quantitative estimate of drug-likeness (QED) is 0.590. The lowest BCUT2D eigenvalue weighted by molar-refractivity contribution is -0.118. The molecule has 0 aromatic heterocycles. The number of nitrogens with one attached hydrogen (secondary N) is 1. The van der Waals surface area contributed by atoms with E-state index in [0.29, 0.717) is 18.8 Å². The standard InChI is InChI=1S/C22H27BrN2O4S/c1-3-16-13-18(23)14-17(4-2)22(16)24-21(26)15-29-19-7-9-20(10-8-19)30(27,28)25-11-5-6-12-25/h7-10,13-14H,3-6,11-12,15H2,1-2H3,(H,24,26). The number of sulfonamides is 1. The summed E-state index contributed by atoms with van der Waals surface area (Å²) in [4.78, 5) is 12.7. The summed E-state index contributed by atoms with van der Waals surface area (Å²) < 4.78 is 33.2. The van der Waals surface area contributed by atoms with Crippen LogP contribution in [0.1, 0.15) is 37.8 Å². The molecule has 1 N–H and O–H groups in total. The number of rotatable bonds is 8. The minimum Gasteiger partial charge on any atom is -0.484 e. The number of aryl methyl sites for hydroxylation is 2. The third-order valence-electron chi connectivity index (χ3n) is 5.19. The maximum Gasteiger partial charge on any atom is 0.262 e. The Kier molecular flexibility index (Phi) is 7.55. The SMILES string of the molecule is CCc1cc(Br)cc(CC)c1NC(=O)COc1ccc(S(=O)(=O)N2CCCC2)cc1. The topological polar surface area (TPSA) is 75.7 Å². The van der Waals surface area contributed by atoms with Crippen molar-refractivity contribution in [2.75, 3.05) is 25.0 Å². The first-order valence-electron chi connectivity index (χ1n) is 10.2. The third-order valence-corrected chi connectivity index (χ3v) is 7.56. The van der Waals surface area contributed by atoms with Crippen molar-refractivity contribution in [2.24, 2.45) is 0 Å². The van der Waals surface area contributed by atoms with E-state index < -0.39 is 10.0 Å². The van der Waals surface area contributed by atoms with Crippen LogP contribution in [-0.2, 0) is 27.7 Å². The van der Waals surface area contributed by atoms with E-state index in [1.165, 1.54) is 16.4 Å². The molecule has 3 rings (SSSR count). The normalized spacial score (nSPS) is 14.6. The van der Waals surface area contributed by atoms with Crippen molar-refractivity contribution in [2.45, 2.75) is 44.4 Å². The molecule has 162 valence electrons. The molecule has 1 aliphatic heterocycles. The van der Waals surface area contributed by atoms with E-state index in [2.05, 4.69) is 21.2 Å². The molecular formula is C22H27BrN2O4S. The average molecular weight is 495 g/mol. The Morgan fingerprint density at radius 3 is 2.17 bits per heavy atom. The fourth-order valence-corrected chi connectivity index (χ4v) is 5.62. The van der Waals surface area contributed by atoms with Gasteiger partial charge in [0, 0.05) is 23.2 Å². The van der Waals surface area contributed by atoms with Gasteiger partial charge in [-0.05, 0) is 73.2 Å². The Morgan fingerprint density at radius 2 is 1.63 bits per heavy atom. The minimum absolute atomic E-state index is 0.152. The molecule has 1 saturated heterocycles. The first-order chi connectivity index (χ1) is 14.3. The minimum atomic E-state index is -3.45. The van der Waals surface area contributed by atoms with Gasteiger partial charge in [0.25, 0.3) is 5.91 Å². The molecule has 1 heterocycles. The summed E-state index contributed by atoms with van der Waals surface area (Å²) in [6.07, 6.45) is 3.40. The maximum absolute atomic E-state index is 12.6. The predicted molar refractivity (Wildman–Crippen MR) is 121 cm³/mol. The smallest absolute Gasteiger partial charge is 0.262 e. The maximum atomic E-state index is 12.6. The van der Waals surface area contributed by atoms with Gasteiger partial charge >= 0.3 is 0 Å². The molecule has 0 unspecified atom stereocenters. The highest BCUT2D eigenvalue weighted by atomic mass is 79.9. The van der Waals surface area contributed by atoms with Crippen molar-refractivity contribution in [1.29, 1.82) is 0 Å². The van der Waals surface area contributed by atoms with Crippen LogP contribution in [0.15, 0.2) is 45.8 Å². The van der Waals surface area contributed by atoms with Crippen LogP contribution in [0.3, 0.4) is 0 Å². The number of carbonyl (C=O) groups is 1. The van der Waals surface area contributed by atoms with Crippen LogP contribution in [0.2, 0.25) is 0 Å². The van der Waals surface area contributed by atoms with E-state index in [0.717, 1.165) is 47.0 Å². The Bertz CT molecular complexity index is 975. The second kappa shape index (κ2) is 9.94. The summed E-state index contributed by atoms with van der Waals surface area (Å²) >= 11 is 3.51. The van der Waals surface area contributed by atoms with Gasteiger partial charge < -0.3 is 10.1 Å². The predicted octanol–water partition coefficient (Wildman–Crippen LogP) is 4.38. The molecule has 1 fully saturated rings. The van der Waals surface area contributed by atoms with Gasteiger partial charge in [-0.15, -0.1) is 0 Å². The van der Waals surface area contributed by atoms with Gasteiger partial charge in [-0.3, -0.25) is 4.79 Å². The molecule has 0 atom stereocenters. The van der Waals surface area contributed by atoms with Crippen LogP contribution in [0.4, 0.5) is 5.69 Å². The number of hydrogen-bond donors (Lipinski definition) is 1. The molecular weight excluding hydrogens is 468 g/mol. The average Bonchev–Trinajstić information content (AvgIpc) is 3.29. The monoisotopic (exact) mass is 494 g/mol. The summed E-state index contributed by atoms with van der Waals surface area (Å²) in [7, 11) is -3.45. The van der Waals surface area contributed by atoms with Crippen LogP contribution in [-0.4, -0.2) is 38.3 Å². The lowest BCUT2D eigenvalue weighted by Gasteiger charge is -2.16. The molecule has 6 nitrogen and oxygen atoms in total. The van der Waals surface area contributed by atoms with Gasteiger partial charge in [0.2, 0.25) is 10.0 Å². The highest BCUT2D eigenvalue weighted by Crippen LogP contribution is 2.28. The first kappa shape index (κ1) is 22.8. The molecule has 0 bridgehead atoms. The fourth-order valence-electron chi connectivity index (χ4n) is 3.55. The molecule has 2 aromatic carbocycles. The second-order valence-electron chi connectivity index (χ2n) is 7.23. The number of anilines is 1. The third kappa shape index (κ3) is 5.22. The number of carbonyl (C=O) groups excluding carboxylic acids is 1. The Labute approximate surface area is 186 Å². The fraction of sp³-hybridized carbons (Fsp3) is 0.409. The van der Waals surface area contributed by atoms with Crippen molar-refractivity contribution in [3.8, 4) is 5.75 Å². The van der Waals surface area contributed by atoms with Crippen LogP contribution in [0.25, 0.3) is 0 Å². The summed E-state index contributed by atoms with van der Waals surface area (Å²) in [5.41, 5.74) is 2.96. The summed E-state index contributed by atoms with van der Waals surface area (Å²) in [6, 6.07) is 10.2. The Hall–Kier alpha value is -1.90. The van der Waals surface area contributed by atoms with Gasteiger partial charge in [-0.1, -0.05) is 29.8 Å². The van der Waals surface area contributed by atoms with E-state index >= 15 is 0 Å². The Morgan fingerprint density at radius 1 is 1.07 bits per heavy atom. The largest absolute Gasteiger partial charge is 0.484 e. The summed E-state index contributed by atoms with van der Waals surface area (Å²) in [5, 5.41) is 2.96. The lowest BCUT2D eigenvalue weighted by atomic mass is 10.0. The van der Waals surface area contributed by atoms with Crippen LogP contribution < -0.4 is 10.1 Å². The Balaban J connectivity index is 1.63. The molecule has 1 amide bonds. The van der Waals surface area contributed by atoms with Crippen molar-refractivity contribution in [1.82, 2.24) is 4.31 Å². The van der Waals surface area contributed by atoms with Crippen molar-refractivity contribution in [3.63, 3.8) is 0 Å². The van der Waals surface area contributed by atoms with Crippen LogP contribution in [0, 0.1) is 0 Å². The highest BCUT2D eigenvalue weighted by Gasteiger charge is 2.27. The number of halogens is 1. The van der Waals surface area contributed by atoms with Gasteiger partial charge in [-0.25, -0.2) is 8.42 Å². The van der Waals surface area contributed by atoms with Crippen LogP contribution >= 0.6 is 15.9 Å². The van der Waals surface area contributed by atoms with E-state index in [4.69, 9.17) is 4.74 Å². The highest BCUT2D eigenvalue weighted by molar-refractivity contribution is 9.10. The number of benzene rings is 2. The van der Waals surface area contributed by atoms with Crippen molar-refractivity contribution >= 4 is 37.5 Å². The molecule has 0 aliphatic carbocycles. The summed E-state index contributed by atoms with van der Waals surface area (Å²) in [6.45, 7) is 5.07. The zero-order valence-corrected chi connectivity index (χ0v) is 19.7. The number of hydrogen-bond acceptors (Lipinski definition) is 4. The van der Waals surface area contributed by atoms with Gasteiger partial charge in [0.05, 0.1) is 4.90 Å². The molecule has 0 radical (unpaired) electrons. The van der Waals surface area contributed by atoms with Crippen molar-refractivity contribution in [3.05, 3.63) is 52.0 Å².